The Morgan fingerprint density at radius 2 is 2.10 bits per heavy atom. The largest absolute Gasteiger partial charge is 0.441 e. The van der Waals surface area contributed by atoms with Gasteiger partial charge in [-0.15, -0.1) is 0 Å². The van der Waals surface area contributed by atoms with Gasteiger partial charge in [0.05, 0.1) is 19.4 Å². The molecule has 1 aliphatic rings. The van der Waals surface area contributed by atoms with Crippen molar-refractivity contribution < 1.29 is 9.15 Å². The molecule has 3 rings (SSSR count). The predicted molar refractivity (Wildman–Crippen MR) is 81.9 cm³/mol. The van der Waals surface area contributed by atoms with E-state index in [1.807, 2.05) is 6.20 Å². The number of oxazole rings is 1. The van der Waals surface area contributed by atoms with E-state index >= 15 is 0 Å². The Balaban J connectivity index is 1.59. The van der Waals surface area contributed by atoms with Crippen LogP contribution >= 0.6 is 0 Å². The maximum absolute atomic E-state index is 5.86. The molecule has 0 aliphatic carbocycles. The maximum atomic E-state index is 5.86. The van der Waals surface area contributed by atoms with E-state index in [1.165, 1.54) is 17.5 Å². The number of aryl methyl sites for hydroxylation is 1. The molecule has 1 N–H and O–H groups in total. The summed E-state index contributed by atoms with van der Waals surface area (Å²) >= 11 is 0. The van der Waals surface area contributed by atoms with E-state index in [-0.39, 0.29) is 0 Å². The second-order valence-corrected chi connectivity index (χ2v) is 5.45. The third-order valence-corrected chi connectivity index (χ3v) is 3.73. The second-order valence-electron chi connectivity index (χ2n) is 5.45. The van der Waals surface area contributed by atoms with Gasteiger partial charge < -0.3 is 14.5 Å². The summed E-state index contributed by atoms with van der Waals surface area (Å²) in [6.45, 7) is 5.69. The normalized spacial score (nSPS) is 13.6. The fourth-order valence-corrected chi connectivity index (χ4v) is 2.55. The third-order valence-electron chi connectivity index (χ3n) is 3.73. The van der Waals surface area contributed by atoms with Gasteiger partial charge in [-0.3, -0.25) is 0 Å². The van der Waals surface area contributed by atoms with Gasteiger partial charge in [0.25, 0.3) is 0 Å². The number of nitrogens with one attached hydrogen (secondary N) is 1. The lowest BCUT2D eigenvalue weighted by Gasteiger charge is -2.01. The average Bonchev–Trinajstić information content (AvgIpc) is 3.15. The molecule has 0 saturated carbocycles. The summed E-state index contributed by atoms with van der Waals surface area (Å²) in [6, 6.07) is 6.35. The van der Waals surface area contributed by atoms with Crippen molar-refractivity contribution in [1.82, 2.24) is 10.3 Å². The summed E-state index contributed by atoms with van der Waals surface area (Å²) in [5.74, 6) is 1.67. The lowest BCUT2D eigenvalue weighted by atomic mass is 10.1. The van der Waals surface area contributed by atoms with Crippen molar-refractivity contribution in [2.24, 2.45) is 0 Å². The molecule has 112 valence electrons. The molecule has 2 heterocycles. The van der Waals surface area contributed by atoms with Crippen molar-refractivity contribution in [1.29, 1.82) is 0 Å². The molecule has 0 amide bonds. The van der Waals surface area contributed by atoms with Gasteiger partial charge in [-0.2, -0.15) is 0 Å². The fraction of sp³-hybridized carbons (Fsp3) is 0.471. The first-order valence-electron chi connectivity index (χ1n) is 7.72. The number of fused-ring (bicyclic) bond motifs is 1. The van der Waals surface area contributed by atoms with Crippen LogP contribution in [0.15, 0.2) is 28.8 Å². The zero-order valence-electron chi connectivity index (χ0n) is 12.5. The van der Waals surface area contributed by atoms with Crippen molar-refractivity contribution in [3.63, 3.8) is 0 Å². The highest BCUT2D eigenvalue weighted by Gasteiger charge is 2.13. The number of ether oxygens (including phenoxy) is 1. The Morgan fingerprint density at radius 1 is 1.19 bits per heavy atom. The lowest BCUT2D eigenvalue weighted by Crippen LogP contribution is -2.16. The lowest BCUT2D eigenvalue weighted by molar-refractivity contribution is 0.134. The summed E-state index contributed by atoms with van der Waals surface area (Å²) in [7, 11) is 0. The van der Waals surface area contributed by atoms with E-state index in [0.29, 0.717) is 6.61 Å². The predicted octanol–water partition coefficient (Wildman–Crippen LogP) is 3.30. The van der Waals surface area contributed by atoms with E-state index in [2.05, 4.69) is 35.4 Å². The molecule has 0 spiro atoms. The van der Waals surface area contributed by atoms with E-state index in [9.17, 15) is 0 Å². The van der Waals surface area contributed by atoms with Gasteiger partial charge in [0.15, 0.2) is 11.7 Å². The van der Waals surface area contributed by atoms with Crippen molar-refractivity contribution in [2.75, 3.05) is 13.1 Å². The molecule has 1 aromatic carbocycles. The summed E-state index contributed by atoms with van der Waals surface area (Å²) in [4.78, 5) is 4.38. The zero-order valence-corrected chi connectivity index (χ0v) is 12.5. The summed E-state index contributed by atoms with van der Waals surface area (Å²) < 4.78 is 11.3. The minimum Gasteiger partial charge on any atom is -0.441 e. The highest BCUT2D eigenvalue weighted by molar-refractivity contribution is 5.59. The Kier molecular flexibility index (Phi) is 4.68. The van der Waals surface area contributed by atoms with E-state index in [4.69, 9.17) is 9.15 Å². The number of rotatable bonds is 7. The Bertz CT molecular complexity index is 592. The monoisotopic (exact) mass is 286 g/mol. The quantitative estimate of drug-likeness (QED) is 0.793. The van der Waals surface area contributed by atoms with Gasteiger partial charge >= 0.3 is 0 Å². The van der Waals surface area contributed by atoms with Gasteiger partial charge in [0.2, 0.25) is 0 Å². The first-order valence-corrected chi connectivity index (χ1v) is 7.72. The van der Waals surface area contributed by atoms with Crippen LogP contribution < -0.4 is 5.32 Å². The molecule has 0 atom stereocenters. The van der Waals surface area contributed by atoms with Gasteiger partial charge in [0.1, 0.15) is 0 Å². The molecule has 0 saturated heterocycles. The van der Waals surface area contributed by atoms with Crippen LogP contribution in [0.25, 0.3) is 11.3 Å². The van der Waals surface area contributed by atoms with E-state index in [0.717, 1.165) is 49.8 Å². The van der Waals surface area contributed by atoms with Gasteiger partial charge in [0, 0.05) is 12.0 Å². The Hall–Kier alpha value is -1.65. The van der Waals surface area contributed by atoms with Crippen molar-refractivity contribution in [3.8, 4) is 11.3 Å². The fourth-order valence-electron chi connectivity index (χ4n) is 2.55. The molecule has 0 unspecified atom stereocenters. The minimum absolute atomic E-state index is 0.702. The van der Waals surface area contributed by atoms with Crippen LogP contribution in [0, 0.1) is 0 Å². The number of hydrogen-bond donors (Lipinski definition) is 1. The number of benzene rings is 1. The molecule has 1 aromatic heterocycles. The zero-order chi connectivity index (χ0) is 14.5. The van der Waals surface area contributed by atoms with E-state index in [1.54, 1.807) is 0 Å². The van der Waals surface area contributed by atoms with Crippen molar-refractivity contribution in [2.45, 2.75) is 39.4 Å². The summed E-state index contributed by atoms with van der Waals surface area (Å²) in [5.41, 5.74) is 3.62. The molecular formula is C17H22N2O2. The Morgan fingerprint density at radius 3 is 3.00 bits per heavy atom. The highest BCUT2D eigenvalue weighted by Crippen LogP contribution is 2.27. The average molecular weight is 286 g/mol. The molecule has 21 heavy (non-hydrogen) atoms. The molecule has 1 aliphatic heterocycles. The SMILES string of the molecule is CCCNCCCc1ncc(-c2ccc3c(c2)COC3)o1. The molecule has 0 bridgehead atoms. The van der Waals surface area contributed by atoms with Crippen LogP contribution in [-0.2, 0) is 24.4 Å². The molecule has 2 aromatic rings. The van der Waals surface area contributed by atoms with Crippen molar-refractivity contribution >= 4 is 0 Å². The minimum atomic E-state index is 0.702. The smallest absolute Gasteiger partial charge is 0.194 e. The molecule has 4 nitrogen and oxygen atoms in total. The summed E-state index contributed by atoms with van der Waals surface area (Å²) in [6.07, 6.45) is 4.93. The number of aromatic nitrogens is 1. The first kappa shape index (κ1) is 14.3. The standard InChI is InChI=1S/C17H22N2O2/c1-2-7-18-8-3-4-17-19-10-16(21-17)13-5-6-14-11-20-12-15(14)9-13/h5-6,9-10,18H,2-4,7-8,11-12H2,1H3. The van der Waals surface area contributed by atoms with Crippen LogP contribution in [0.4, 0.5) is 0 Å². The van der Waals surface area contributed by atoms with Gasteiger partial charge in [-0.1, -0.05) is 19.1 Å². The van der Waals surface area contributed by atoms with Crippen LogP contribution in [0.5, 0.6) is 0 Å². The molecular weight excluding hydrogens is 264 g/mol. The van der Waals surface area contributed by atoms with Gasteiger partial charge in [-0.05, 0) is 43.1 Å². The summed E-state index contributed by atoms with van der Waals surface area (Å²) in [5, 5.41) is 3.39. The first-order chi connectivity index (χ1) is 10.4. The second kappa shape index (κ2) is 6.87. The van der Waals surface area contributed by atoms with Crippen LogP contribution in [-0.4, -0.2) is 18.1 Å². The van der Waals surface area contributed by atoms with Crippen molar-refractivity contribution in [3.05, 3.63) is 41.4 Å². The molecule has 0 fully saturated rings. The van der Waals surface area contributed by atoms with Crippen LogP contribution in [0.3, 0.4) is 0 Å². The van der Waals surface area contributed by atoms with Crippen LogP contribution in [0.1, 0.15) is 36.8 Å². The van der Waals surface area contributed by atoms with Gasteiger partial charge in [-0.25, -0.2) is 4.98 Å². The highest BCUT2D eigenvalue weighted by atomic mass is 16.5. The molecule has 0 radical (unpaired) electrons. The topological polar surface area (TPSA) is 47.3 Å². The maximum Gasteiger partial charge on any atom is 0.194 e. The number of hydrogen-bond acceptors (Lipinski definition) is 4. The van der Waals surface area contributed by atoms with Crippen LogP contribution in [0.2, 0.25) is 0 Å². The van der Waals surface area contributed by atoms with E-state index < -0.39 is 0 Å². The third kappa shape index (κ3) is 3.52. The number of nitrogens with zero attached hydrogens (tertiary/aromatic N) is 1. The Labute approximate surface area is 125 Å². The molecule has 4 heteroatoms.